The standard InChI is InChI=1S/C48H29N/c1-2-16-36(17-3-1)49-44-29-34(38-19-8-14-31-12-6-7-18-37(31)38)25-26-40(44)47-41-21-9-15-35-28-43(33-24-23-30-11-4-5-13-32(30)27-33)39-20-10-22-42(48(47)49)46(39)45(35)41/h1-29H. The lowest BCUT2D eigenvalue weighted by atomic mass is 9.86. The van der Waals surface area contributed by atoms with Gasteiger partial charge in [-0.2, -0.15) is 0 Å². The van der Waals surface area contributed by atoms with Gasteiger partial charge >= 0.3 is 0 Å². The smallest absolute Gasteiger partial charge is 0.0626 e. The summed E-state index contributed by atoms with van der Waals surface area (Å²) in [4.78, 5) is 0. The highest BCUT2D eigenvalue weighted by Crippen LogP contribution is 2.48. The molecule has 1 nitrogen and oxygen atoms in total. The molecule has 0 spiro atoms. The Morgan fingerprint density at radius 2 is 0.959 bits per heavy atom. The van der Waals surface area contributed by atoms with Crippen molar-refractivity contribution in [3.8, 4) is 27.9 Å². The summed E-state index contributed by atoms with van der Waals surface area (Å²) in [6, 6.07) is 65.0. The summed E-state index contributed by atoms with van der Waals surface area (Å²) in [6.45, 7) is 0. The van der Waals surface area contributed by atoms with Gasteiger partial charge in [0.2, 0.25) is 0 Å². The molecule has 11 aromatic rings. The zero-order chi connectivity index (χ0) is 32.1. The van der Waals surface area contributed by atoms with Crippen molar-refractivity contribution >= 4 is 75.7 Å². The van der Waals surface area contributed by atoms with Crippen LogP contribution in [0.4, 0.5) is 0 Å². The number of fused-ring (bicyclic) bond motifs is 7. The van der Waals surface area contributed by atoms with Crippen LogP contribution in [0.1, 0.15) is 0 Å². The molecule has 0 unspecified atom stereocenters. The Hall–Kier alpha value is -6.44. The lowest BCUT2D eigenvalue weighted by Crippen LogP contribution is -1.96. The highest BCUT2D eigenvalue weighted by molar-refractivity contribution is 6.39. The first kappa shape index (κ1) is 26.6. The molecular weight excluding hydrogens is 591 g/mol. The van der Waals surface area contributed by atoms with E-state index in [1.807, 2.05) is 0 Å². The summed E-state index contributed by atoms with van der Waals surface area (Å²) in [5, 5.41) is 15.5. The van der Waals surface area contributed by atoms with Crippen molar-refractivity contribution in [2.45, 2.75) is 0 Å². The van der Waals surface area contributed by atoms with E-state index in [2.05, 4.69) is 180 Å². The Kier molecular flexibility index (Phi) is 5.45. The Bertz CT molecular complexity index is 3090. The summed E-state index contributed by atoms with van der Waals surface area (Å²) in [5.74, 6) is 0. The second kappa shape index (κ2) is 10.0. The van der Waals surface area contributed by atoms with Crippen LogP contribution in [0, 0.1) is 0 Å². The van der Waals surface area contributed by atoms with Crippen molar-refractivity contribution in [1.82, 2.24) is 4.57 Å². The van der Waals surface area contributed by atoms with E-state index in [1.54, 1.807) is 0 Å². The maximum absolute atomic E-state index is 2.51. The fourth-order valence-electron chi connectivity index (χ4n) is 8.56. The van der Waals surface area contributed by atoms with Gasteiger partial charge in [-0.3, -0.25) is 0 Å². The van der Waals surface area contributed by atoms with E-state index in [1.165, 1.54) is 104 Å². The molecule has 0 saturated carbocycles. The average molecular weight is 620 g/mol. The largest absolute Gasteiger partial charge is 0.309 e. The van der Waals surface area contributed by atoms with E-state index in [-0.39, 0.29) is 0 Å². The summed E-state index contributed by atoms with van der Waals surface area (Å²) in [5.41, 5.74) is 8.65. The third-order valence-electron chi connectivity index (χ3n) is 10.7. The Labute approximate surface area is 283 Å². The molecule has 0 radical (unpaired) electrons. The fraction of sp³-hybridized carbons (Fsp3) is 0. The number of benzene rings is 10. The quantitative estimate of drug-likeness (QED) is 0.173. The van der Waals surface area contributed by atoms with Gasteiger partial charge in [-0.25, -0.2) is 0 Å². The predicted molar refractivity (Wildman–Crippen MR) is 210 cm³/mol. The van der Waals surface area contributed by atoms with Crippen molar-refractivity contribution < 1.29 is 0 Å². The third kappa shape index (κ3) is 3.76. The SMILES string of the molecule is c1ccc(-n2c3cc(-c4cccc5ccccc45)ccc3c3c4cccc5cc(-c6ccc7ccccc7c6)c6cccc(c6c54)c32)cc1. The summed E-state index contributed by atoms with van der Waals surface area (Å²) in [6.07, 6.45) is 0. The van der Waals surface area contributed by atoms with Crippen LogP contribution in [0.25, 0.3) is 104 Å². The van der Waals surface area contributed by atoms with Crippen LogP contribution in [-0.2, 0) is 0 Å². The molecule has 0 aliphatic carbocycles. The first-order valence-electron chi connectivity index (χ1n) is 17.0. The van der Waals surface area contributed by atoms with Gasteiger partial charge in [0.1, 0.15) is 0 Å². The van der Waals surface area contributed by atoms with Gasteiger partial charge in [0.15, 0.2) is 0 Å². The number of hydrogen-bond acceptors (Lipinski definition) is 0. The first-order valence-corrected chi connectivity index (χ1v) is 17.0. The van der Waals surface area contributed by atoms with E-state index in [0.717, 1.165) is 0 Å². The second-order valence-electron chi connectivity index (χ2n) is 13.3. The monoisotopic (exact) mass is 619 g/mol. The molecule has 0 bridgehead atoms. The third-order valence-corrected chi connectivity index (χ3v) is 10.7. The van der Waals surface area contributed by atoms with Crippen LogP contribution >= 0.6 is 0 Å². The Morgan fingerprint density at radius 1 is 0.306 bits per heavy atom. The molecule has 0 amide bonds. The van der Waals surface area contributed by atoms with E-state index < -0.39 is 0 Å². The van der Waals surface area contributed by atoms with Crippen LogP contribution < -0.4 is 0 Å². The number of aromatic nitrogens is 1. The Morgan fingerprint density at radius 3 is 1.88 bits per heavy atom. The molecule has 0 N–H and O–H groups in total. The molecule has 0 aliphatic rings. The van der Waals surface area contributed by atoms with Gasteiger partial charge in [0.05, 0.1) is 11.0 Å². The van der Waals surface area contributed by atoms with Crippen molar-refractivity contribution in [3.05, 3.63) is 176 Å². The van der Waals surface area contributed by atoms with Crippen LogP contribution in [0.15, 0.2) is 176 Å². The van der Waals surface area contributed by atoms with Gasteiger partial charge in [0, 0.05) is 27.2 Å². The summed E-state index contributed by atoms with van der Waals surface area (Å²) in [7, 11) is 0. The van der Waals surface area contributed by atoms with Gasteiger partial charge in [-0.05, 0) is 95.7 Å². The molecule has 1 heteroatoms. The van der Waals surface area contributed by atoms with Crippen molar-refractivity contribution in [1.29, 1.82) is 0 Å². The van der Waals surface area contributed by atoms with E-state index in [4.69, 9.17) is 0 Å². The van der Waals surface area contributed by atoms with Crippen LogP contribution in [-0.4, -0.2) is 4.57 Å². The van der Waals surface area contributed by atoms with Crippen LogP contribution in [0.2, 0.25) is 0 Å². The minimum atomic E-state index is 1.17. The van der Waals surface area contributed by atoms with Crippen molar-refractivity contribution in [2.24, 2.45) is 0 Å². The topological polar surface area (TPSA) is 4.93 Å². The lowest BCUT2D eigenvalue weighted by Gasteiger charge is -2.18. The molecule has 49 heavy (non-hydrogen) atoms. The molecule has 0 atom stereocenters. The minimum Gasteiger partial charge on any atom is -0.309 e. The number of nitrogens with zero attached hydrogens (tertiary/aromatic N) is 1. The molecule has 226 valence electrons. The Balaban J connectivity index is 1.31. The molecule has 0 saturated heterocycles. The highest BCUT2D eigenvalue weighted by atomic mass is 15.0. The molecular formula is C48H29N. The van der Waals surface area contributed by atoms with Gasteiger partial charge in [-0.15, -0.1) is 0 Å². The van der Waals surface area contributed by atoms with Gasteiger partial charge in [-0.1, -0.05) is 146 Å². The highest BCUT2D eigenvalue weighted by Gasteiger charge is 2.23. The van der Waals surface area contributed by atoms with Crippen molar-refractivity contribution in [3.63, 3.8) is 0 Å². The van der Waals surface area contributed by atoms with Gasteiger partial charge in [0.25, 0.3) is 0 Å². The molecule has 11 rings (SSSR count). The number of rotatable bonds is 3. The molecule has 1 aromatic heterocycles. The normalized spacial score (nSPS) is 12.1. The number of hydrogen-bond donors (Lipinski definition) is 0. The second-order valence-corrected chi connectivity index (χ2v) is 13.3. The predicted octanol–water partition coefficient (Wildman–Crippen LogP) is 13.3. The van der Waals surface area contributed by atoms with E-state index in [0.29, 0.717) is 0 Å². The zero-order valence-electron chi connectivity index (χ0n) is 26.7. The van der Waals surface area contributed by atoms with E-state index >= 15 is 0 Å². The average Bonchev–Trinajstić information content (AvgIpc) is 3.52. The summed E-state index contributed by atoms with van der Waals surface area (Å²) < 4.78 is 2.51. The molecule has 10 aromatic carbocycles. The molecule has 0 fully saturated rings. The van der Waals surface area contributed by atoms with Crippen molar-refractivity contribution in [2.75, 3.05) is 0 Å². The maximum atomic E-state index is 2.51. The van der Waals surface area contributed by atoms with Crippen LogP contribution in [0.5, 0.6) is 0 Å². The van der Waals surface area contributed by atoms with E-state index in [9.17, 15) is 0 Å². The zero-order valence-corrected chi connectivity index (χ0v) is 26.7. The first-order chi connectivity index (χ1) is 24.3. The van der Waals surface area contributed by atoms with Crippen LogP contribution in [0.3, 0.4) is 0 Å². The lowest BCUT2D eigenvalue weighted by molar-refractivity contribution is 1.19. The molecule has 1 heterocycles. The maximum Gasteiger partial charge on any atom is 0.0626 e. The summed E-state index contributed by atoms with van der Waals surface area (Å²) >= 11 is 0. The number of para-hydroxylation sites is 1. The fourth-order valence-corrected chi connectivity index (χ4v) is 8.56. The minimum absolute atomic E-state index is 1.17. The molecule has 0 aliphatic heterocycles. The van der Waals surface area contributed by atoms with Gasteiger partial charge < -0.3 is 4.57 Å².